The highest BCUT2D eigenvalue weighted by molar-refractivity contribution is 5.96. The molecule has 0 aliphatic carbocycles. The van der Waals surface area contributed by atoms with Gasteiger partial charge in [-0.15, -0.1) is 0 Å². The third-order valence-electron chi connectivity index (χ3n) is 3.95. The lowest BCUT2D eigenvalue weighted by molar-refractivity contribution is -0.120. The van der Waals surface area contributed by atoms with E-state index in [9.17, 15) is 9.59 Å². The fourth-order valence-corrected chi connectivity index (χ4v) is 2.71. The third kappa shape index (κ3) is 6.01. The number of hydrogen-bond donors (Lipinski definition) is 2. The summed E-state index contributed by atoms with van der Waals surface area (Å²) >= 11 is 0. The van der Waals surface area contributed by atoms with Crippen molar-refractivity contribution in [2.75, 3.05) is 13.2 Å². The summed E-state index contributed by atoms with van der Waals surface area (Å²) in [5.41, 5.74) is 4.66. The van der Waals surface area contributed by atoms with Gasteiger partial charge in [0.15, 0.2) is 0 Å². The molecule has 5 nitrogen and oxygen atoms in total. The van der Waals surface area contributed by atoms with Crippen LogP contribution in [0.2, 0.25) is 0 Å². The lowest BCUT2D eigenvalue weighted by Gasteiger charge is -2.11. The van der Waals surface area contributed by atoms with Crippen LogP contribution in [0, 0.1) is 13.8 Å². The predicted molar refractivity (Wildman–Crippen MR) is 102 cm³/mol. The van der Waals surface area contributed by atoms with Crippen molar-refractivity contribution in [3.05, 3.63) is 70.3 Å². The van der Waals surface area contributed by atoms with Crippen LogP contribution in [-0.2, 0) is 22.7 Å². The molecule has 0 bridgehead atoms. The van der Waals surface area contributed by atoms with Gasteiger partial charge in [0.05, 0.1) is 13.2 Å². The summed E-state index contributed by atoms with van der Waals surface area (Å²) in [6.07, 6.45) is 0. The molecule has 26 heavy (non-hydrogen) atoms. The van der Waals surface area contributed by atoms with E-state index in [0.29, 0.717) is 25.3 Å². The first kappa shape index (κ1) is 19.7. The molecule has 0 atom stereocenters. The Bertz CT molecular complexity index is 751. The molecular weight excluding hydrogens is 328 g/mol. The van der Waals surface area contributed by atoms with Crippen LogP contribution in [0.25, 0.3) is 0 Å². The van der Waals surface area contributed by atoms with E-state index >= 15 is 0 Å². The summed E-state index contributed by atoms with van der Waals surface area (Å²) in [4.78, 5) is 24.2. The molecule has 2 amide bonds. The third-order valence-corrected chi connectivity index (χ3v) is 3.95. The highest BCUT2D eigenvalue weighted by Gasteiger charge is 2.10. The molecule has 0 aliphatic heterocycles. The first-order chi connectivity index (χ1) is 12.5. The standard InChI is InChI=1S/C21H26N2O3/c1-4-26-14-18-8-6-5-7-17(18)12-22-20(24)13-23-21(25)19-10-15(2)9-16(3)11-19/h5-11H,4,12-14H2,1-3H3,(H,22,24)(H,23,25). The predicted octanol–water partition coefficient (Wildman–Crippen LogP) is 2.89. The van der Waals surface area contributed by atoms with Crippen molar-refractivity contribution >= 4 is 11.8 Å². The molecule has 0 unspecified atom stereocenters. The molecule has 0 heterocycles. The zero-order valence-electron chi connectivity index (χ0n) is 15.6. The van der Waals surface area contributed by atoms with Crippen LogP contribution in [0.5, 0.6) is 0 Å². The van der Waals surface area contributed by atoms with E-state index in [1.165, 1.54) is 0 Å². The van der Waals surface area contributed by atoms with Crippen molar-refractivity contribution in [2.45, 2.75) is 33.9 Å². The van der Waals surface area contributed by atoms with E-state index in [4.69, 9.17) is 4.74 Å². The molecule has 0 aliphatic rings. The molecule has 138 valence electrons. The van der Waals surface area contributed by atoms with Gasteiger partial charge in [-0.2, -0.15) is 0 Å². The SMILES string of the molecule is CCOCc1ccccc1CNC(=O)CNC(=O)c1cc(C)cc(C)c1. The maximum Gasteiger partial charge on any atom is 0.251 e. The van der Waals surface area contributed by atoms with Crippen LogP contribution in [0.3, 0.4) is 0 Å². The molecule has 2 N–H and O–H groups in total. The maximum absolute atomic E-state index is 12.2. The number of carbonyl (C=O) groups is 2. The van der Waals surface area contributed by atoms with Crippen molar-refractivity contribution in [2.24, 2.45) is 0 Å². The molecule has 2 aromatic rings. The fourth-order valence-electron chi connectivity index (χ4n) is 2.71. The molecule has 0 radical (unpaired) electrons. The summed E-state index contributed by atoms with van der Waals surface area (Å²) in [5, 5.41) is 5.50. The van der Waals surface area contributed by atoms with E-state index in [0.717, 1.165) is 22.3 Å². The van der Waals surface area contributed by atoms with Gasteiger partial charge in [0.25, 0.3) is 5.91 Å². The van der Waals surface area contributed by atoms with E-state index in [-0.39, 0.29) is 18.4 Å². The number of amides is 2. The average molecular weight is 354 g/mol. The Morgan fingerprint density at radius 1 is 0.962 bits per heavy atom. The van der Waals surface area contributed by atoms with E-state index < -0.39 is 0 Å². The number of benzene rings is 2. The first-order valence-corrected chi connectivity index (χ1v) is 8.77. The summed E-state index contributed by atoms with van der Waals surface area (Å²) in [5.74, 6) is -0.474. The van der Waals surface area contributed by atoms with Gasteiger partial charge in [-0.1, -0.05) is 41.5 Å². The number of aryl methyl sites for hydroxylation is 2. The largest absolute Gasteiger partial charge is 0.377 e. The molecule has 0 saturated carbocycles. The topological polar surface area (TPSA) is 67.4 Å². The molecule has 2 rings (SSSR count). The molecule has 0 aromatic heterocycles. The summed E-state index contributed by atoms with van der Waals surface area (Å²) < 4.78 is 5.44. The quantitative estimate of drug-likeness (QED) is 0.766. The van der Waals surface area contributed by atoms with Crippen molar-refractivity contribution in [3.63, 3.8) is 0 Å². The van der Waals surface area contributed by atoms with E-state index in [1.54, 1.807) is 0 Å². The van der Waals surface area contributed by atoms with E-state index in [2.05, 4.69) is 10.6 Å². The molecular formula is C21H26N2O3. The Hall–Kier alpha value is -2.66. The van der Waals surface area contributed by atoms with Crippen LogP contribution in [0.4, 0.5) is 0 Å². The minimum absolute atomic E-state index is 0.0561. The number of rotatable bonds is 8. The lowest BCUT2D eigenvalue weighted by Crippen LogP contribution is -2.36. The van der Waals surface area contributed by atoms with E-state index in [1.807, 2.05) is 63.2 Å². The maximum atomic E-state index is 12.2. The summed E-state index contributed by atoms with van der Waals surface area (Å²) in [7, 11) is 0. The second kappa shape index (κ2) is 9.73. The van der Waals surface area contributed by atoms with Crippen LogP contribution in [0.15, 0.2) is 42.5 Å². The second-order valence-corrected chi connectivity index (χ2v) is 6.24. The van der Waals surface area contributed by atoms with Crippen LogP contribution < -0.4 is 10.6 Å². The summed E-state index contributed by atoms with van der Waals surface area (Å²) in [6.45, 7) is 7.34. The second-order valence-electron chi connectivity index (χ2n) is 6.24. The van der Waals surface area contributed by atoms with Crippen LogP contribution in [0.1, 0.15) is 39.5 Å². The highest BCUT2D eigenvalue weighted by Crippen LogP contribution is 2.10. The van der Waals surface area contributed by atoms with Gasteiger partial charge in [0.2, 0.25) is 5.91 Å². The van der Waals surface area contributed by atoms with Gasteiger partial charge in [-0.3, -0.25) is 9.59 Å². The first-order valence-electron chi connectivity index (χ1n) is 8.77. The Labute approximate surface area is 154 Å². The molecule has 0 spiro atoms. The van der Waals surface area contributed by atoms with Crippen LogP contribution >= 0.6 is 0 Å². The Kier molecular flexibility index (Phi) is 7.36. The fraction of sp³-hybridized carbons (Fsp3) is 0.333. The number of carbonyl (C=O) groups excluding carboxylic acids is 2. The Balaban J connectivity index is 1.85. The molecule has 2 aromatic carbocycles. The smallest absolute Gasteiger partial charge is 0.251 e. The van der Waals surface area contributed by atoms with Gasteiger partial charge in [-0.05, 0) is 44.0 Å². The molecule has 5 heteroatoms. The van der Waals surface area contributed by atoms with Crippen LogP contribution in [-0.4, -0.2) is 25.0 Å². The van der Waals surface area contributed by atoms with Gasteiger partial charge < -0.3 is 15.4 Å². The zero-order valence-corrected chi connectivity index (χ0v) is 15.6. The minimum Gasteiger partial charge on any atom is -0.377 e. The molecule has 0 saturated heterocycles. The van der Waals surface area contributed by atoms with Gasteiger partial charge in [-0.25, -0.2) is 0 Å². The minimum atomic E-state index is -0.247. The van der Waals surface area contributed by atoms with Crippen molar-refractivity contribution in [1.29, 1.82) is 0 Å². The normalized spacial score (nSPS) is 10.4. The van der Waals surface area contributed by atoms with Gasteiger partial charge >= 0.3 is 0 Å². The Morgan fingerprint density at radius 3 is 2.27 bits per heavy atom. The average Bonchev–Trinajstić information content (AvgIpc) is 2.62. The summed E-state index contributed by atoms with van der Waals surface area (Å²) in [6, 6.07) is 13.4. The lowest BCUT2D eigenvalue weighted by atomic mass is 10.1. The zero-order chi connectivity index (χ0) is 18.9. The van der Waals surface area contributed by atoms with Crippen molar-refractivity contribution < 1.29 is 14.3 Å². The Morgan fingerprint density at radius 2 is 1.62 bits per heavy atom. The number of hydrogen-bond acceptors (Lipinski definition) is 3. The number of nitrogens with one attached hydrogen (secondary N) is 2. The van der Waals surface area contributed by atoms with Crippen molar-refractivity contribution in [3.8, 4) is 0 Å². The molecule has 0 fully saturated rings. The number of ether oxygens (including phenoxy) is 1. The van der Waals surface area contributed by atoms with Gasteiger partial charge in [0.1, 0.15) is 0 Å². The van der Waals surface area contributed by atoms with Crippen molar-refractivity contribution in [1.82, 2.24) is 10.6 Å². The monoisotopic (exact) mass is 354 g/mol. The van der Waals surface area contributed by atoms with Gasteiger partial charge in [0, 0.05) is 18.7 Å². The highest BCUT2D eigenvalue weighted by atomic mass is 16.5.